The summed E-state index contributed by atoms with van der Waals surface area (Å²) in [4.78, 5) is 40.3. The van der Waals surface area contributed by atoms with Crippen molar-refractivity contribution in [1.82, 2.24) is 15.1 Å². The molecule has 2 saturated heterocycles. The van der Waals surface area contributed by atoms with E-state index in [0.29, 0.717) is 38.7 Å². The number of nitro benzene ring substituents is 1. The molecule has 9 nitrogen and oxygen atoms in total. The van der Waals surface area contributed by atoms with Crippen LogP contribution in [0.2, 0.25) is 0 Å². The van der Waals surface area contributed by atoms with Crippen LogP contribution >= 0.6 is 0 Å². The summed E-state index contributed by atoms with van der Waals surface area (Å²) in [6.07, 6.45) is -2.41. The Morgan fingerprint density at radius 1 is 1.19 bits per heavy atom. The minimum absolute atomic E-state index is 0.0926. The Morgan fingerprint density at radius 2 is 1.84 bits per heavy atom. The first kappa shape index (κ1) is 23.8. The van der Waals surface area contributed by atoms with E-state index < -0.39 is 33.9 Å². The fourth-order valence-electron chi connectivity index (χ4n) is 4.02. The monoisotopic (exact) mass is 457 g/mol. The smallest absolute Gasteiger partial charge is 0.363 e. The lowest BCUT2D eigenvalue weighted by molar-refractivity contribution is -0.384. The number of nitrogens with one attached hydrogen (secondary N) is 1. The zero-order valence-corrected chi connectivity index (χ0v) is 17.9. The molecule has 1 aromatic rings. The normalized spacial score (nSPS) is 22.4. The van der Waals surface area contributed by atoms with E-state index in [1.54, 1.807) is 11.8 Å². The van der Waals surface area contributed by atoms with Crippen LogP contribution in [0.5, 0.6) is 0 Å². The Labute approximate surface area is 183 Å². The van der Waals surface area contributed by atoms with Crippen LogP contribution in [0.4, 0.5) is 29.3 Å². The van der Waals surface area contributed by atoms with Gasteiger partial charge >= 0.3 is 12.2 Å². The van der Waals surface area contributed by atoms with Gasteiger partial charge < -0.3 is 10.2 Å². The second-order valence-corrected chi connectivity index (χ2v) is 8.30. The van der Waals surface area contributed by atoms with Gasteiger partial charge in [0.25, 0.3) is 11.6 Å². The maximum absolute atomic E-state index is 12.9. The third kappa shape index (κ3) is 4.79. The molecule has 1 atom stereocenters. The second-order valence-electron chi connectivity index (χ2n) is 8.30. The van der Waals surface area contributed by atoms with Crippen molar-refractivity contribution < 1.29 is 27.7 Å². The van der Waals surface area contributed by atoms with Crippen molar-refractivity contribution in [1.29, 1.82) is 0 Å². The molecule has 176 valence electrons. The van der Waals surface area contributed by atoms with Crippen molar-refractivity contribution >= 4 is 23.3 Å². The van der Waals surface area contributed by atoms with Crippen LogP contribution in [-0.2, 0) is 11.0 Å². The lowest BCUT2D eigenvalue weighted by Crippen LogP contribution is -2.52. The molecule has 0 bridgehead atoms. The van der Waals surface area contributed by atoms with Gasteiger partial charge in [0.15, 0.2) is 0 Å². The molecule has 1 N–H and O–H groups in total. The molecule has 0 aliphatic carbocycles. The van der Waals surface area contributed by atoms with Crippen molar-refractivity contribution in [3.05, 3.63) is 33.9 Å². The Hall–Kier alpha value is -2.89. The van der Waals surface area contributed by atoms with Gasteiger partial charge in [-0.25, -0.2) is 9.69 Å². The molecule has 0 radical (unpaired) electrons. The van der Waals surface area contributed by atoms with Crippen LogP contribution in [0.1, 0.15) is 38.7 Å². The number of amides is 3. The van der Waals surface area contributed by atoms with E-state index in [1.165, 1.54) is 4.90 Å². The van der Waals surface area contributed by atoms with E-state index in [2.05, 4.69) is 5.32 Å². The number of hydrogen-bond donors (Lipinski definition) is 1. The summed E-state index contributed by atoms with van der Waals surface area (Å²) in [6, 6.07) is 2.05. The third-order valence-electron chi connectivity index (χ3n) is 5.93. The highest BCUT2D eigenvalue weighted by molar-refractivity contribution is 6.06. The molecule has 1 aromatic carbocycles. The van der Waals surface area contributed by atoms with Crippen molar-refractivity contribution in [2.45, 2.75) is 44.8 Å². The Bertz CT molecular complexity index is 902. The van der Waals surface area contributed by atoms with E-state index in [9.17, 15) is 32.9 Å². The molecule has 0 saturated carbocycles. The molecular formula is C20H26F3N5O4. The Balaban J connectivity index is 1.65. The molecule has 3 rings (SSSR count). The highest BCUT2D eigenvalue weighted by Crippen LogP contribution is 2.36. The van der Waals surface area contributed by atoms with Gasteiger partial charge in [-0.1, -0.05) is 19.8 Å². The maximum Gasteiger partial charge on any atom is 0.416 e. The van der Waals surface area contributed by atoms with Gasteiger partial charge in [-0.2, -0.15) is 13.2 Å². The predicted molar refractivity (Wildman–Crippen MR) is 110 cm³/mol. The van der Waals surface area contributed by atoms with E-state index in [4.69, 9.17) is 0 Å². The number of piperazine rings is 1. The molecule has 2 fully saturated rings. The molecule has 2 aliphatic heterocycles. The summed E-state index contributed by atoms with van der Waals surface area (Å²) < 4.78 is 38.8. The molecule has 2 heterocycles. The average molecular weight is 457 g/mol. The number of imide groups is 1. The zero-order valence-electron chi connectivity index (χ0n) is 17.9. The maximum atomic E-state index is 12.9. The highest BCUT2D eigenvalue weighted by Gasteiger charge is 2.47. The Kier molecular flexibility index (Phi) is 6.63. The van der Waals surface area contributed by atoms with Gasteiger partial charge in [0.1, 0.15) is 11.2 Å². The number of nitro groups is 1. The van der Waals surface area contributed by atoms with Crippen LogP contribution in [0.3, 0.4) is 0 Å². The molecule has 32 heavy (non-hydrogen) atoms. The molecule has 2 aliphatic rings. The second kappa shape index (κ2) is 8.93. The van der Waals surface area contributed by atoms with Crippen LogP contribution in [0.15, 0.2) is 18.2 Å². The minimum Gasteiger partial charge on any atom is -0.363 e. The van der Waals surface area contributed by atoms with Gasteiger partial charge in [-0.15, -0.1) is 0 Å². The molecule has 0 spiro atoms. The molecule has 0 unspecified atom stereocenters. The number of urea groups is 1. The number of carbonyl (C=O) groups excluding carboxylic acids is 2. The van der Waals surface area contributed by atoms with E-state index in [-0.39, 0.29) is 18.3 Å². The SMILES string of the molecule is CCCC[C@@]1(C)NC(=O)N(CN2CCN(c3ccc(C(F)(F)F)cc3[N+](=O)[O-])CC2)C1=O. The standard InChI is InChI=1S/C20H26F3N5O4/c1-3-4-7-19(2)17(29)27(18(30)24-19)13-25-8-10-26(11-9-25)15-6-5-14(20(21,22)23)12-16(15)28(31)32/h5-6,12H,3-4,7-11,13H2,1-2H3,(H,24,30)/t19-/m1/s1. The number of rotatable bonds is 7. The number of carbonyl (C=O) groups is 2. The largest absolute Gasteiger partial charge is 0.416 e. The van der Waals surface area contributed by atoms with Gasteiger partial charge in [-0.05, 0) is 25.5 Å². The number of unbranched alkanes of at least 4 members (excludes halogenated alkanes) is 1. The summed E-state index contributed by atoms with van der Waals surface area (Å²) in [7, 11) is 0. The van der Waals surface area contributed by atoms with Gasteiger partial charge in [0, 0.05) is 32.2 Å². The minimum atomic E-state index is -4.67. The molecule has 12 heteroatoms. The van der Waals surface area contributed by atoms with Crippen LogP contribution < -0.4 is 10.2 Å². The summed E-state index contributed by atoms with van der Waals surface area (Å²) in [5, 5.41) is 14.1. The van der Waals surface area contributed by atoms with Crippen LogP contribution in [0.25, 0.3) is 0 Å². The predicted octanol–water partition coefficient (Wildman–Crippen LogP) is 3.19. The van der Waals surface area contributed by atoms with Gasteiger partial charge in [0.05, 0.1) is 17.2 Å². The van der Waals surface area contributed by atoms with Crippen molar-refractivity contribution in [2.24, 2.45) is 0 Å². The first-order valence-corrected chi connectivity index (χ1v) is 10.4. The summed E-state index contributed by atoms with van der Waals surface area (Å²) in [5.74, 6) is -0.281. The van der Waals surface area contributed by atoms with Gasteiger partial charge in [-0.3, -0.25) is 19.8 Å². The number of alkyl halides is 3. The average Bonchev–Trinajstić information content (AvgIpc) is 2.95. The van der Waals surface area contributed by atoms with Crippen molar-refractivity contribution in [2.75, 3.05) is 37.7 Å². The summed E-state index contributed by atoms with van der Waals surface area (Å²) in [6.45, 7) is 5.20. The lowest BCUT2D eigenvalue weighted by atomic mass is 9.95. The van der Waals surface area contributed by atoms with Gasteiger partial charge in [0.2, 0.25) is 0 Å². The van der Waals surface area contributed by atoms with Crippen molar-refractivity contribution in [3.8, 4) is 0 Å². The quantitative estimate of drug-likeness (QED) is 0.384. The van der Waals surface area contributed by atoms with Crippen LogP contribution in [0, 0.1) is 10.1 Å². The number of nitrogens with zero attached hydrogens (tertiary/aromatic N) is 4. The summed E-state index contributed by atoms with van der Waals surface area (Å²) >= 11 is 0. The molecular weight excluding hydrogens is 431 g/mol. The topological polar surface area (TPSA) is 99.0 Å². The summed E-state index contributed by atoms with van der Waals surface area (Å²) in [5.41, 5.74) is -2.48. The Morgan fingerprint density at radius 3 is 2.41 bits per heavy atom. The fraction of sp³-hybridized carbons (Fsp3) is 0.600. The lowest BCUT2D eigenvalue weighted by Gasteiger charge is -2.37. The number of anilines is 1. The first-order chi connectivity index (χ1) is 15.0. The first-order valence-electron chi connectivity index (χ1n) is 10.4. The van der Waals surface area contributed by atoms with E-state index in [0.717, 1.165) is 25.0 Å². The van der Waals surface area contributed by atoms with Crippen molar-refractivity contribution in [3.63, 3.8) is 0 Å². The van der Waals surface area contributed by atoms with Crippen LogP contribution in [-0.4, -0.2) is 65.0 Å². The third-order valence-corrected chi connectivity index (χ3v) is 5.93. The number of benzene rings is 1. The molecule has 0 aromatic heterocycles. The highest BCUT2D eigenvalue weighted by atomic mass is 19.4. The number of hydrogen-bond acceptors (Lipinski definition) is 6. The zero-order chi connectivity index (χ0) is 23.7. The fourth-order valence-corrected chi connectivity index (χ4v) is 4.02. The number of halogens is 3. The molecule has 3 amide bonds. The van der Waals surface area contributed by atoms with E-state index in [1.807, 2.05) is 11.8 Å². The van der Waals surface area contributed by atoms with E-state index >= 15 is 0 Å².